The van der Waals surface area contributed by atoms with Gasteiger partial charge in [-0.2, -0.15) is 0 Å². The van der Waals surface area contributed by atoms with Crippen molar-refractivity contribution in [3.63, 3.8) is 0 Å². The fourth-order valence-corrected chi connectivity index (χ4v) is 4.30. The van der Waals surface area contributed by atoms with E-state index in [1.165, 1.54) is 25.0 Å². The van der Waals surface area contributed by atoms with Crippen molar-refractivity contribution >= 4 is 22.6 Å². The number of fused-ring (bicyclic) bond motifs is 3. The van der Waals surface area contributed by atoms with Crippen LogP contribution in [0.3, 0.4) is 0 Å². The van der Waals surface area contributed by atoms with Gasteiger partial charge in [0.05, 0.1) is 17.8 Å². The first-order valence-electron chi connectivity index (χ1n) is 6.93. The minimum atomic E-state index is -0.800. The van der Waals surface area contributed by atoms with Crippen molar-refractivity contribution in [3.05, 3.63) is 40.8 Å². The van der Waals surface area contributed by atoms with Gasteiger partial charge in [0.15, 0.2) is 16.8 Å². The van der Waals surface area contributed by atoms with Crippen molar-refractivity contribution in [2.75, 3.05) is 0 Å². The van der Waals surface area contributed by atoms with E-state index in [2.05, 4.69) is 4.90 Å². The Hall–Kier alpha value is -1.36. The normalized spacial score (nSPS) is 28.0. The lowest BCUT2D eigenvalue weighted by Crippen LogP contribution is -2.38. The van der Waals surface area contributed by atoms with E-state index in [1.807, 2.05) is 5.41 Å². The SMILES string of the molecule is Fc1ccc(C2=CSC3=N[C@@H]4CCCC[C@H]4N23)cc1F. The van der Waals surface area contributed by atoms with Crippen molar-refractivity contribution in [2.24, 2.45) is 4.99 Å². The number of amidine groups is 1. The van der Waals surface area contributed by atoms with Crippen LogP contribution in [0.25, 0.3) is 5.70 Å². The van der Waals surface area contributed by atoms with Crippen LogP contribution in [0, 0.1) is 11.6 Å². The first-order chi connectivity index (χ1) is 9.74. The van der Waals surface area contributed by atoms with Crippen LogP contribution in [-0.2, 0) is 0 Å². The standard InChI is InChI=1S/C15H14F2N2S/c16-10-6-5-9(7-11(10)17)14-8-20-15-18-12-3-1-2-4-13(12)19(14)15/h5-8,12-13H,1-4H2/t12-,13-/m1/s1. The molecule has 0 N–H and O–H groups in total. The summed E-state index contributed by atoms with van der Waals surface area (Å²) in [6.07, 6.45) is 4.71. The predicted molar refractivity (Wildman–Crippen MR) is 77.2 cm³/mol. The third kappa shape index (κ3) is 1.79. The zero-order chi connectivity index (χ0) is 13.7. The molecule has 1 fully saturated rings. The number of hydrogen-bond donors (Lipinski definition) is 0. The third-order valence-electron chi connectivity index (χ3n) is 4.26. The number of thioether (sulfide) groups is 1. The summed E-state index contributed by atoms with van der Waals surface area (Å²) in [5.74, 6) is -1.59. The summed E-state index contributed by atoms with van der Waals surface area (Å²) in [5.41, 5.74) is 1.69. The molecule has 1 aromatic rings. The van der Waals surface area contributed by atoms with Crippen molar-refractivity contribution in [2.45, 2.75) is 37.8 Å². The Balaban J connectivity index is 1.69. The smallest absolute Gasteiger partial charge is 0.168 e. The molecule has 5 heteroatoms. The van der Waals surface area contributed by atoms with Crippen molar-refractivity contribution in [3.8, 4) is 0 Å². The molecule has 1 saturated carbocycles. The molecular formula is C15H14F2N2S. The molecule has 2 aliphatic heterocycles. The number of hydrogen-bond acceptors (Lipinski definition) is 3. The minimum absolute atomic E-state index is 0.375. The Morgan fingerprint density at radius 3 is 2.85 bits per heavy atom. The zero-order valence-corrected chi connectivity index (χ0v) is 11.7. The molecular weight excluding hydrogens is 278 g/mol. The Morgan fingerprint density at radius 2 is 2.00 bits per heavy atom. The van der Waals surface area contributed by atoms with E-state index in [0.717, 1.165) is 29.3 Å². The van der Waals surface area contributed by atoms with E-state index < -0.39 is 11.6 Å². The van der Waals surface area contributed by atoms with Gasteiger partial charge in [0.2, 0.25) is 0 Å². The van der Waals surface area contributed by atoms with Gasteiger partial charge in [0, 0.05) is 11.0 Å². The van der Waals surface area contributed by atoms with E-state index in [0.29, 0.717) is 12.1 Å². The maximum Gasteiger partial charge on any atom is 0.168 e. The first kappa shape index (κ1) is 12.4. The van der Waals surface area contributed by atoms with Crippen LogP contribution in [0.5, 0.6) is 0 Å². The highest BCUT2D eigenvalue weighted by atomic mass is 32.2. The molecule has 0 amide bonds. The highest BCUT2D eigenvalue weighted by Gasteiger charge is 2.42. The molecule has 2 nitrogen and oxygen atoms in total. The van der Waals surface area contributed by atoms with Crippen molar-refractivity contribution in [1.82, 2.24) is 4.90 Å². The highest BCUT2D eigenvalue weighted by molar-refractivity contribution is 8.16. The second-order valence-corrected chi connectivity index (χ2v) is 6.29. The zero-order valence-electron chi connectivity index (χ0n) is 10.9. The largest absolute Gasteiger partial charge is 0.315 e. The molecule has 104 valence electrons. The Labute approximate surface area is 120 Å². The maximum atomic E-state index is 13.5. The molecule has 0 saturated heterocycles. The van der Waals surface area contributed by atoms with Crippen LogP contribution in [0.1, 0.15) is 31.2 Å². The average molecular weight is 292 g/mol. The van der Waals surface area contributed by atoms with Gasteiger partial charge in [-0.3, -0.25) is 4.99 Å². The van der Waals surface area contributed by atoms with Crippen LogP contribution in [0.15, 0.2) is 28.6 Å². The molecule has 1 aromatic carbocycles. The molecule has 2 atom stereocenters. The molecule has 4 rings (SSSR count). The lowest BCUT2D eigenvalue weighted by Gasteiger charge is -2.32. The van der Waals surface area contributed by atoms with Gasteiger partial charge in [-0.25, -0.2) is 8.78 Å². The lowest BCUT2D eigenvalue weighted by molar-refractivity contribution is 0.305. The molecule has 3 aliphatic rings. The fraction of sp³-hybridized carbons (Fsp3) is 0.400. The van der Waals surface area contributed by atoms with Gasteiger partial charge < -0.3 is 4.90 Å². The Morgan fingerprint density at radius 1 is 1.15 bits per heavy atom. The summed E-state index contributed by atoms with van der Waals surface area (Å²) in [7, 11) is 0. The van der Waals surface area contributed by atoms with Gasteiger partial charge in [0.1, 0.15) is 0 Å². The van der Waals surface area contributed by atoms with E-state index in [1.54, 1.807) is 17.8 Å². The van der Waals surface area contributed by atoms with Gasteiger partial charge in [-0.05, 0) is 31.0 Å². The average Bonchev–Trinajstić information content (AvgIpc) is 3.00. The summed E-state index contributed by atoms with van der Waals surface area (Å²) >= 11 is 1.59. The number of benzene rings is 1. The van der Waals surface area contributed by atoms with E-state index in [9.17, 15) is 8.78 Å². The molecule has 0 unspecified atom stereocenters. The van der Waals surface area contributed by atoms with Crippen LogP contribution in [-0.4, -0.2) is 22.2 Å². The van der Waals surface area contributed by atoms with E-state index in [4.69, 9.17) is 4.99 Å². The highest BCUT2D eigenvalue weighted by Crippen LogP contribution is 2.44. The number of halogens is 2. The maximum absolute atomic E-state index is 13.5. The Kier molecular flexibility index (Phi) is 2.84. The quantitative estimate of drug-likeness (QED) is 0.777. The minimum Gasteiger partial charge on any atom is -0.315 e. The van der Waals surface area contributed by atoms with Crippen LogP contribution in [0.4, 0.5) is 8.78 Å². The first-order valence-corrected chi connectivity index (χ1v) is 7.81. The van der Waals surface area contributed by atoms with E-state index >= 15 is 0 Å². The third-order valence-corrected chi connectivity index (χ3v) is 5.11. The van der Waals surface area contributed by atoms with Crippen LogP contribution < -0.4 is 0 Å². The summed E-state index contributed by atoms with van der Waals surface area (Å²) in [6, 6.07) is 4.89. The molecule has 1 aliphatic carbocycles. The monoisotopic (exact) mass is 292 g/mol. The molecule has 0 spiro atoms. The van der Waals surface area contributed by atoms with E-state index in [-0.39, 0.29) is 0 Å². The molecule has 0 bridgehead atoms. The number of aliphatic imine (C=N–C) groups is 1. The van der Waals surface area contributed by atoms with Crippen LogP contribution in [0.2, 0.25) is 0 Å². The lowest BCUT2D eigenvalue weighted by atomic mass is 9.90. The second kappa shape index (κ2) is 4.58. The number of rotatable bonds is 1. The summed E-state index contributed by atoms with van der Waals surface area (Å²) in [6.45, 7) is 0. The van der Waals surface area contributed by atoms with Crippen molar-refractivity contribution in [1.29, 1.82) is 0 Å². The Bertz CT molecular complexity index is 626. The number of nitrogens with zero attached hydrogens (tertiary/aromatic N) is 2. The van der Waals surface area contributed by atoms with Gasteiger partial charge >= 0.3 is 0 Å². The van der Waals surface area contributed by atoms with Gasteiger partial charge in [0.25, 0.3) is 0 Å². The predicted octanol–water partition coefficient (Wildman–Crippen LogP) is 3.99. The molecule has 0 radical (unpaired) electrons. The second-order valence-electron chi connectivity index (χ2n) is 5.45. The molecule has 2 heterocycles. The topological polar surface area (TPSA) is 15.6 Å². The van der Waals surface area contributed by atoms with Gasteiger partial charge in [-0.1, -0.05) is 24.6 Å². The van der Waals surface area contributed by atoms with Gasteiger partial charge in [-0.15, -0.1) is 0 Å². The summed E-state index contributed by atoms with van der Waals surface area (Å²) < 4.78 is 26.5. The summed E-state index contributed by atoms with van der Waals surface area (Å²) in [4.78, 5) is 7.00. The van der Waals surface area contributed by atoms with Crippen molar-refractivity contribution < 1.29 is 8.78 Å². The fourth-order valence-electron chi connectivity index (χ4n) is 3.29. The van der Waals surface area contributed by atoms with Crippen LogP contribution >= 0.6 is 11.8 Å². The molecule has 20 heavy (non-hydrogen) atoms. The summed E-state index contributed by atoms with van der Waals surface area (Å²) in [5, 5.41) is 3.01. The molecule has 0 aromatic heterocycles.